The van der Waals surface area contributed by atoms with Crippen LogP contribution in [0, 0.1) is 21.8 Å². The molecular formula is C13H16FN3O2. The van der Waals surface area contributed by atoms with E-state index in [0.29, 0.717) is 11.6 Å². The van der Waals surface area contributed by atoms with E-state index in [9.17, 15) is 14.5 Å². The molecule has 3 heterocycles. The molecule has 3 aliphatic heterocycles. The second-order valence-electron chi connectivity index (χ2n) is 5.31. The largest absolute Gasteiger partial charge is 0.378 e. The smallest absolute Gasteiger partial charge is 0.272 e. The van der Waals surface area contributed by atoms with Crippen LogP contribution in [0.3, 0.4) is 0 Å². The molecule has 0 radical (unpaired) electrons. The maximum atomic E-state index is 13.8. The van der Waals surface area contributed by atoms with Crippen molar-refractivity contribution in [1.29, 1.82) is 0 Å². The van der Waals surface area contributed by atoms with Gasteiger partial charge >= 0.3 is 0 Å². The average molecular weight is 265 g/mol. The number of nitro groups is 1. The molecule has 3 saturated heterocycles. The van der Waals surface area contributed by atoms with E-state index in [-0.39, 0.29) is 11.7 Å². The van der Waals surface area contributed by atoms with Gasteiger partial charge in [-0.15, -0.1) is 0 Å². The molecular weight excluding hydrogens is 249 g/mol. The molecule has 0 spiro atoms. The Bertz CT molecular complexity index is 501. The number of nitrogens with one attached hydrogen (secondary N) is 1. The highest BCUT2D eigenvalue weighted by atomic mass is 19.1. The van der Waals surface area contributed by atoms with Gasteiger partial charge < -0.3 is 10.2 Å². The molecule has 1 aromatic rings. The highest BCUT2D eigenvalue weighted by Crippen LogP contribution is 2.31. The van der Waals surface area contributed by atoms with Gasteiger partial charge in [-0.3, -0.25) is 10.1 Å². The van der Waals surface area contributed by atoms with Crippen molar-refractivity contribution in [3.63, 3.8) is 0 Å². The number of nitrogens with zero attached hydrogens (tertiary/aromatic N) is 2. The Morgan fingerprint density at radius 1 is 1.37 bits per heavy atom. The maximum Gasteiger partial charge on any atom is 0.272 e. The molecule has 0 aromatic heterocycles. The van der Waals surface area contributed by atoms with E-state index >= 15 is 0 Å². The van der Waals surface area contributed by atoms with Gasteiger partial charge in [-0.1, -0.05) is 0 Å². The van der Waals surface area contributed by atoms with E-state index in [0.717, 1.165) is 38.5 Å². The van der Waals surface area contributed by atoms with Crippen molar-refractivity contribution in [2.45, 2.75) is 18.9 Å². The van der Waals surface area contributed by atoms with Crippen LogP contribution in [0.2, 0.25) is 0 Å². The number of rotatable bonds is 3. The van der Waals surface area contributed by atoms with Crippen LogP contribution >= 0.6 is 0 Å². The topological polar surface area (TPSA) is 58.4 Å². The minimum Gasteiger partial charge on any atom is -0.378 e. The third kappa shape index (κ3) is 2.40. The van der Waals surface area contributed by atoms with Gasteiger partial charge in [0.25, 0.3) is 5.69 Å². The zero-order chi connectivity index (χ0) is 13.4. The van der Waals surface area contributed by atoms with Crippen molar-refractivity contribution in [1.82, 2.24) is 4.90 Å². The summed E-state index contributed by atoms with van der Waals surface area (Å²) in [5.41, 5.74) is 0.154. The Hall–Kier alpha value is -1.69. The molecule has 1 N–H and O–H groups in total. The zero-order valence-electron chi connectivity index (χ0n) is 10.5. The number of non-ortho nitro benzene ring substituents is 1. The third-order valence-electron chi connectivity index (χ3n) is 4.16. The summed E-state index contributed by atoms with van der Waals surface area (Å²) in [7, 11) is 0. The summed E-state index contributed by atoms with van der Waals surface area (Å²) in [5, 5.41) is 13.8. The van der Waals surface area contributed by atoms with Gasteiger partial charge in [0, 0.05) is 18.7 Å². The second-order valence-corrected chi connectivity index (χ2v) is 5.31. The van der Waals surface area contributed by atoms with Crippen molar-refractivity contribution in [2.75, 3.05) is 25.0 Å². The lowest BCUT2D eigenvalue weighted by atomic mass is 9.84. The lowest BCUT2D eigenvalue weighted by molar-refractivity contribution is -0.385. The highest BCUT2D eigenvalue weighted by molar-refractivity contribution is 5.51. The van der Waals surface area contributed by atoms with Gasteiger partial charge in [0.15, 0.2) is 5.82 Å². The van der Waals surface area contributed by atoms with E-state index in [1.807, 2.05) is 0 Å². The van der Waals surface area contributed by atoms with Crippen LogP contribution in [0.15, 0.2) is 18.2 Å². The monoisotopic (exact) mass is 265 g/mol. The molecule has 1 atom stereocenters. The van der Waals surface area contributed by atoms with E-state index in [1.165, 1.54) is 12.1 Å². The molecule has 3 fully saturated rings. The quantitative estimate of drug-likeness (QED) is 0.672. The Morgan fingerprint density at radius 3 is 2.63 bits per heavy atom. The fourth-order valence-corrected chi connectivity index (χ4v) is 3.06. The Kier molecular flexibility index (Phi) is 3.10. The molecule has 3 aliphatic rings. The van der Waals surface area contributed by atoms with Crippen LogP contribution in [-0.2, 0) is 0 Å². The Morgan fingerprint density at radius 2 is 2.11 bits per heavy atom. The number of piperidine rings is 3. The zero-order valence-corrected chi connectivity index (χ0v) is 10.5. The van der Waals surface area contributed by atoms with Gasteiger partial charge in [-0.05, 0) is 37.9 Å². The highest BCUT2D eigenvalue weighted by Gasteiger charge is 2.34. The summed E-state index contributed by atoms with van der Waals surface area (Å²) in [6, 6.07) is 4.03. The van der Waals surface area contributed by atoms with Gasteiger partial charge in [-0.25, -0.2) is 4.39 Å². The summed E-state index contributed by atoms with van der Waals surface area (Å²) in [4.78, 5) is 12.4. The molecule has 5 nitrogen and oxygen atoms in total. The molecule has 102 valence electrons. The third-order valence-corrected chi connectivity index (χ3v) is 4.16. The Balaban J connectivity index is 1.75. The summed E-state index contributed by atoms with van der Waals surface area (Å²) >= 11 is 0. The van der Waals surface area contributed by atoms with Crippen LogP contribution in [-0.4, -0.2) is 35.5 Å². The van der Waals surface area contributed by atoms with Crippen LogP contribution in [0.4, 0.5) is 15.8 Å². The first-order chi connectivity index (χ1) is 9.13. The molecule has 4 rings (SSSR count). The van der Waals surface area contributed by atoms with Crippen molar-refractivity contribution < 1.29 is 9.31 Å². The first-order valence-corrected chi connectivity index (χ1v) is 6.56. The van der Waals surface area contributed by atoms with Crippen LogP contribution < -0.4 is 5.32 Å². The predicted octanol–water partition coefficient (Wildman–Crippen LogP) is 2.24. The molecule has 1 unspecified atom stereocenters. The molecule has 0 aliphatic carbocycles. The average Bonchev–Trinajstić information content (AvgIpc) is 2.42. The van der Waals surface area contributed by atoms with E-state index in [1.54, 1.807) is 0 Å². The van der Waals surface area contributed by atoms with E-state index in [4.69, 9.17) is 0 Å². The number of hydrogen-bond acceptors (Lipinski definition) is 4. The van der Waals surface area contributed by atoms with Crippen LogP contribution in [0.5, 0.6) is 0 Å². The second kappa shape index (κ2) is 4.77. The molecule has 2 bridgehead atoms. The van der Waals surface area contributed by atoms with Crippen LogP contribution in [0.25, 0.3) is 0 Å². The number of halogens is 1. The predicted molar refractivity (Wildman–Crippen MR) is 69.6 cm³/mol. The lowest BCUT2D eigenvalue weighted by Gasteiger charge is -2.45. The van der Waals surface area contributed by atoms with Gasteiger partial charge in [-0.2, -0.15) is 0 Å². The van der Waals surface area contributed by atoms with E-state index < -0.39 is 10.7 Å². The van der Waals surface area contributed by atoms with Crippen molar-refractivity contribution >= 4 is 11.4 Å². The first kappa shape index (κ1) is 12.3. The molecule has 1 aromatic carbocycles. The molecule has 0 saturated carbocycles. The lowest BCUT2D eigenvalue weighted by Crippen LogP contribution is -2.53. The molecule has 6 heteroatoms. The standard InChI is InChI=1S/C13H16FN3O2/c14-11-7-10(17(18)19)1-2-12(11)15-13-8-16-5-3-9(13)4-6-16/h1-2,7,9,13,15H,3-6,8H2. The van der Waals surface area contributed by atoms with E-state index in [2.05, 4.69) is 10.2 Å². The number of benzene rings is 1. The summed E-state index contributed by atoms with van der Waals surface area (Å²) in [6.45, 7) is 3.19. The van der Waals surface area contributed by atoms with Crippen molar-refractivity contribution in [3.05, 3.63) is 34.1 Å². The minimum absolute atomic E-state index is 0.211. The molecule has 19 heavy (non-hydrogen) atoms. The molecule has 0 amide bonds. The SMILES string of the molecule is O=[N+]([O-])c1ccc(NC2CN3CCC2CC3)c(F)c1. The minimum atomic E-state index is -0.582. The first-order valence-electron chi connectivity index (χ1n) is 6.56. The summed E-state index contributed by atoms with van der Waals surface area (Å²) in [6.07, 6.45) is 2.29. The van der Waals surface area contributed by atoms with Gasteiger partial charge in [0.1, 0.15) is 0 Å². The maximum absolute atomic E-state index is 13.8. The summed E-state index contributed by atoms with van der Waals surface area (Å²) in [5.74, 6) is 0.0326. The number of anilines is 1. The van der Waals surface area contributed by atoms with Crippen molar-refractivity contribution in [3.8, 4) is 0 Å². The number of hydrogen-bond donors (Lipinski definition) is 1. The fourth-order valence-electron chi connectivity index (χ4n) is 3.06. The van der Waals surface area contributed by atoms with Gasteiger partial charge in [0.05, 0.1) is 16.7 Å². The fraction of sp³-hybridized carbons (Fsp3) is 0.538. The van der Waals surface area contributed by atoms with Crippen LogP contribution in [0.1, 0.15) is 12.8 Å². The normalized spacial score (nSPS) is 29.2. The van der Waals surface area contributed by atoms with Gasteiger partial charge in [0.2, 0.25) is 0 Å². The Labute approximate surface area is 110 Å². The number of nitro benzene ring substituents is 1. The number of fused-ring (bicyclic) bond motifs is 3. The van der Waals surface area contributed by atoms with Crippen molar-refractivity contribution in [2.24, 2.45) is 5.92 Å². The summed E-state index contributed by atoms with van der Waals surface area (Å²) < 4.78 is 13.8.